The summed E-state index contributed by atoms with van der Waals surface area (Å²) in [4.78, 5) is 3.00. The topological polar surface area (TPSA) is 88.0 Å². The van der Waals surface area contributed by atoms with Crippen molar-refractivity contribution in [3.63, 3.8) is 0 Å². The van der Waals surface area contributed by atoms with E-state index in [1.165, 1.54) is 12.3 Å². The molecule has 0 fully saturated rings. The average molecular weight is 265 g/mol. The van der Waals surface area contributed by atoms with Crippen molar-refractivity contribution < 1.29 is 8.42 Å². The Morgan fingerprint density at radius 3 is 2.67 bits per heavy atom. The van der Waals surface area contributed by atoms with Crippen LogP contribution in [0.15, 0.2) is 41.4 Å². The molecule has 1 aromatic carbocycles. The molecule has 0 saturated heterocycles. The van der Waals surface area contributed by atoms with Crippen LogP contribution in [0.4, 0.5) is 5.69 Å². The fraction of sp³-hybridized carbons (Fsp3) is 0.167. The van der Waals surface area contributed by atoms with E-state index < -0.39 is 10.0 Å². The summed E-state index contributed by atoms with van der Waals surface area (Å²) in [6.07, 6.45) is 1.43. The first-order chi connectivity index (χ1) is 8.53. The number of aryl methyl sites for hydroxylation is 1. The van der Waals surface area contributed by atoms with Crippen molar-refractivity contribution in [2.75, 3.05) is 4.72 Å². The van der Waals surface area contributed by atoms with Gasteiger partial charge in [-0.05, 0) is 24.6 Å². The van der Waals surface area contributed by atoms with Crippen LogP contribution in [0.3, 0.4) is 0 Å². The Kier molecular flexibility index (Phi) is 3.40. The minimum Gasteiger partial charge on any atom is -0.363 e. The summed E-state index contributed by atoms with van der Waals surface area (Å²) in [5, 5.41) is 0. The molecule has 96 valence electrons. The second kappa shape index (κ2) is 4.83. The highest BCUT2D eigenvalue weighted by Gasteiger charge is 2.16. The van der Waals surface area contributed by atoms with Gasteiger partial charge in [0.15, 0.2) is 0 Å². The van der Waals surface area contributed by atoms with Crippen molar-refractivity contribution in [3.05, 3.63) is 47.8 Å². The lowest BCUT2D eigenvalue weighted by Crippen LogP contribution is -2.13. The van der Waals surface area contributed by atoms with Gasteiger partial charge in [0.2, 0.25) is 0 Å². The highest BCUT2D eigenvalue weighted by Crippen LogP contribution is 2.19. The van der Waals surface area contributed by atoms with E-state index in [-0.39, 0.29) is 11.4 Å². The lowest BCUT2D eigenvalue weighted by Gasteiger charge is -2.08. The Balaban J connectivity index is 2.30. The number of hydrogen-bond donors (Lipinski definition) is 3. The number of rotatable bonds is 4. The van der Waals surface area contributed by atoms with Crippen LogP contribution in [-0.2, 0) is 16.6 Å². The first kappa shape index (κ1) is 12.7. The highest BCUT2D eigenvalue weighted by atomic mass is 32.2. The maximum Gasteiger partial charge on any atom is 0.263 e. The van der Waals surface area contributed by atoms with E-state index >= 15 is 0 Å². The van der Waals surface area contributed by atoms with Crippen molar-refractivity contribution in [3.8, 4) is 0 Å². The standard InChI is InChI=1S/C12H15N3O2S/c1-9-4-2-3-5-12(9)15-18(16,17)11-6-10(7-13)14-8-11/h2-6,8,14-15H,7,13H2,1H3. The summed E-state index contributed by atoms with van der Waals surface area (Å²) in [7, 11) is -3.56. The number of aromatic nitrogens is 1. The van der Waals surface area contributed by atoms with Gasteiger partial charge in [0, 0.05) is 18.4 Å². The molecule has 0 unspecified atom stereocenters. The van der Waals surface area contributed by atoms with Gasteiger partial charge in [0.1, 0.15) is 4.90 Å². The van der Waals surface area contributed by atoms with Crippen molar-refractivity contribution in [1.29, 1.82) is 0 Å². The number of aromatic amines is 1. The van der Waals surface area contributed by atoms with Gasteiger partial charge in [0.25, 0.3) is 10.0 Å². The second-order valence-corrected chi connectivity index (χ2v) is 5.67. The normalized spacial score (nSPS) is 11.4. The monoisotopic (exact) mass is 265 g/mol. The van der Waals surface area contributed by atoms with Crippen LogP contribution in [0.1, 0.15) is 11.3 Å². The zero-order chi connectivity index (χ0) is 13.2. The molecule has 1 aromatic heterocycles. The molecule has 0 spiro atoms. The van der Waals surface area contributed by atoms with Gasteiger partial charge in [-0.1, -0.05) is 18.2 Å². The summed E-state index contributed by atoms with van der Waals surface area (Å²) in [5.41, 5.74) is 7.57. The number of H-pyrrole nitrogens is 1. The molecule has 0 aliphatic rings. The van der Waals surface area contributed by atoms with Crippen molar-refractivity contribution >= 4 is 15.7 Å². The molecule has 5 nitrogen and oxygen atoms in total. The summed E-state index contributed by atoms with van der Waals surface area (Å²) in [6.45, 7) is 2.13. The van der Waals surface area contributed by atoms with Gasteiger partial charge in [-0.3, -0.25) is 4.72 Å². The van der Waals surface area contributed by atoms with Crippen LogP contribution in [-0.4, -0.2) is 13.4 Å². The fourth-order valence-electron chi connectivity index (χ4n) is 1.58. The van der Waals surface area contributed by atoms with Gasteiger partial charge >= 0.3 is 0 Å². The minimum atomic E-state index is -3.56. The molecule has 0 amide bonds. The lowest BCUT2D eigenvalue weighted by atomic mass is 10.2. The van der Waals surface area contributed by atoms with Gasteiger partial charge < -0.3 is 10.7 Å². The van der Waals surface area contributed by atoms with Gasteiger partial charge in [-0.25, -0.2) is 8.42 Å². The van der Waals surface area contributed by atoms with Crippen LogP contribution < -0.4 is 10.5 Å². The molecule has 0 bridgehead atoms. The van der Waals surface area contributed by atoms with E-state index in [1.54, 1.807) is 12.1 Å². The number of anilines is 1. The number of benzene rings is 1. The molecule has 18 heavy (non-hydrogen) atoms. The maximum atomic E-state index is 12.1. The first-order valence-electron chi connectivity index (χ1n) is 5.49. The van der Waals surface area contributed by atoms with Crippen LogP contribution in [0.25, 0.3) is 0 Å². The quantitative estimate of drug-likeness (QED) is 0.784. The summed E-state index contributed by atoms with van der Waals surface area (Å²) < 4.78 is 26.8. The predicted molar refractivity (Wildman–Crippen MR) is 70.7 cm³/mol. The van der Waals surface area contributed by atoms with Gasteiger partial charge in [-0.2, -0.15) is 0 Å². The van der Waals surface area contributed by atoms with E-state index in [0.29, 0.717) is 11.4 Å². The summed E-state index contributed by atoms with van der Waals surface area (Å²) >= 11 is 0. The molecule has 6 heteroatoms. The molecular formula is C12H15N3O2S. The maximum absolute atomic E-state index is 12.1. The largest absolute Gasteiger partial charge is 0.363 e. The van der Waals surface area contributed by atoms with Crippen molar-refractivity contribution in [2.45, 2.75) is 18.4 Å². The first-order valence-corrected chi connectivity index (χ1v) is 6.97. The van der Waals surface area contributed by atoms with Crippen molar-refractivity contribution in [2.24, 2.45) is 5.73 Å². The third-order valence-electron chi connectivity index (χ3n) is 2.64. The third-order valence-corrected chi connectivity index (χ3v) is 3.98. The zero-order valence-corrected chi connectivity index (χ0v) is 10.8. The minimum absolute atomic E-state index is 0.186. The Morgan fingerprint density at radius 1 is 1.33 bits per heavy atom. The Bertz CT molecular complexity index is 647. The smallest absolute Gasteiger partial charge is 0.263 e. The lowest BCUT2D eigenvalue weighted by molar-refractivity contribution is 0.601. The zero-order valence-electron chi connectivity index (χ0n) is 9.97. The number of sulfonamides is 1. The van der Waals surface area contributed by atoms with Gasteiger partial charge in [-0.15, -0.1) is 0 Å². The number of hydrogen-bond acceptors (Lipinski definition) is 3. The van der Waals surface area contributed by atoms with Crippen LogP contribution >= 0.6 is 0 Å². The summed E-state index contributed by atoms with van der Waals surface area (Å²) in [6, 6.07) is 8.74. The number of nitrogens with one attached hydrogen (secondary N) is 2. The van der Waals surface area contributed by atoms with E-state index in [1.807, 2.05) is 19.1 Å². The van der Waals surface area contributed by atoms with Crippen molar-refractivity contribution in [1.82, 2.24) is 4.98 Å². The van der Waals surface area contributed by atoms with E-state index in [0.717, 1.165) is 5.56 Å². The molecule has 1 heterocycles. The summed E-state index contributed by atoms with van der Waals surface area (Å²) in [5.74, 6) is 0. The Morgan fingerprint density at radius 2 is 2.06 bits per heavy atom. The second-order valence-electron chi connectivity index (χ2n) is 3.99. The Hall–Kier alpha value is -1.79. The molecule has 0 radical (unpaired) electrons. The van der Waals surface area contributed by atoms with E-state index in [9.17, 15) is 8.42 Å². The average Bonchev–Trinajstić information content (AvgIpc) is 2.81. The fourth-order valence-corrected chi connectivity index (χ4v) is 2.73. The Labute approximate surface area is 106 Å². The van der Waals surface area contributed by atoms with Gasteiger partial charge in [0.05, 0.1) is 5.69 Å². The van der Waals surface area contributed by atoms with Crippen LogP contribution in [0.5, 0.6) is 0 Å². The highest BCUT2D eigenvalue weighted by molar-refractivity contribution is 7.92. The third kappa shape index (κ3) is 2.55. The predicted octanol–water partition coefficient (Wildman–Crippen LogP) is 1.58. The number of para-hydroxylation sites is 1. The molecule has 4 N–H and O–H groups in total. The van der Waals surface area contributed by atoms with Crippen LogP contribution in [0, 0.1) is 6.92 Å². The van der Waals surface area contributed by atoms with Crippen LogP contribution in [0.2, 0.25) is 0 Å². The van der Waals surface area contributed by atoms with E-state index in [2.05, 4.69) is 9.71 Å². The molecular weight excluding hydrogens is 250 g/mol. The molecule has 0 aliphatic carbocycles. The molecule has 0 atom stereocenters. The molecule has 2 aromatic rings. The molecule has 2 rings (SSSR count). The SMILES string of the molecule is Cc1ccccc1NS(=O)(=O)c1c[nH]c(CN)c1. The molecule has 0 aliphatic heterocycles. The number of nitrogens with two attached hydrogens (primary N) is 1. The van der Waals surface area contributed by atoms with E-state index in [4.69, 9.17) is 5.73 Å². The molecule has 0 saturated carbocycles.